The third-order valence-electron chi connectivity index (χ3n) is 13.6. The Morgan fingerprint density at radius 2 is 1.63 bits per heavy atom. The Morgan fingerprint density at radius 3 is 2.29 bits per heavy atom. The third-order valence-corrected chi connectivity index (χ3v) is 13.6. The summed E-state index contributed by atoms with van der Waals surface area (Å²) in [5, 5.41) is 32.2. The molecule has 198 valence electrons. The van der Waals surface area contributed by atoms with Crippen molar-refractivity contribution in [3.05, 3.63) is 0 Å². The molecule has 12 atom stereocenters. The number of hydrogen-bond donors (Lipinski definition) is 3. The molecule has 0 amide bonds. The van der Waals surface area contributed by atoms with E-state index in [9.17, 15) is 20.1 Å². The lowest BCUT2D eigenvalue weighted by molar-refractivity contribution is -0.193. The molecule has 5 nitrogen and oxygen atoms in total. The molecule has 2 spiro atoms. The van der Waals surface area contributed by atoms with Crippen molar-refractivity contribution in [3.63, 3.8) is 0 Å². The summed E-state index contributed by atoms with van der Waals surface area (Å²) >= 11 is 0. The first-order valence-corrected chi connectivity index (χ1v) is 14.4. The molecule has 0 bridgehead atoms. The van der Waals surface area contributed by atoms with Crippen LogP contribution in [0.15, 0.2) is 0 Å². The predicted octanol–water partition coefficient (Wildman–Crippen LogP) is 4.50. The summed E-state index contributed by atoms with van der Waals surface area (Å²) < 4.78 is 6.49. The number of fused-ring (bicyclic) bond motifs is 4. The van der Waals surface area contributed by atoms with Crippen LogP contribution in [0.1, 0.15) is 99.8 Å². The molecule has 6 aliphatic rings. The maximum atomic E-state index is 14.5. The minimum atomic E-state index is -1.26. The summed E-state index contributed by atoms with van der Waals surface area (Å²) in [4.78, 5) is 14.5. The van der Waals surface area contributed by atoms with Gasteiger partial charge in [-0.15, -0.1) is 0 Å². The highest BCUT2D eigenvalue weighted by Gasteiger charge is 2.84. The second-order valence-corrected chi connectivity index (χ2v) is 15.5. The minimum absolute atomic E-state index is 0.0554. The lowest BCUT2D eigenvalue weighted by atomic mass is 9.41. The van der Waals surface area contributed by atoms with Gasteiger partial charge in [-0.2, -0.15) is 0 Å². The SMILES string of the molecule is C[C@@H]1C[C@H]([C@@H](O)C(C)(C)O)O[C@H]2C(=O)[C@@]3(C)[C@@H]4CC[C@H]5C(C)(C)[C@@H](O)CC[C@@]56C[C@@]46CC[C@]3(C)[C@@H]12. The normalized spacial score (nSPS) is 57.3. The number of carbonyl (C=O) groups is 1. The number of carbonyl (C=O) groups excluding carboxylic acids is 1. The van der Waals surface area contributed by atoms with Crippen molar-refractivity contribution in [3.8, 4) is 0 Å². The number of rotatable bonds is 2. The van der Waals surface area contributed by atoms with E-state index in [0.717, 1.165) is 32.1 Å². The molecule has 0 radical (unpaired) electrons. The van der Waals surface area contributed by atoms with Crippen LogP contribution in [0, 0.1) is 50.7 Å². The summed E-state index contributed by atoms with van der Waals surface area (Å²) in [7, 11) is 0. The monoisotopic (exact) mass is 488 g/mol. The van der Waals surface area contributed by atoms with Crippen molar-refractivity contribution in [2.75, 3.05) is 0 Å². The maximum absolute atomic E-state index is 14.5. The van der Waals surface area contributed by atoms with E-state index < -0.39 is 29.3 Å². The van der Waals surface area contributed by atoms with E-state index >= 15 is 0 Å². The first-order valence-electron chi connectivity index (χ1n) is 14.4. The number of hydrogen-bond acceptors (Lipinski definition) is 5. The quantitative estimate of drug-likeness (QED) is 0.533. The first-order chi connectivity index (χ1) is 16.1. The van der Waals surface area contributed by atoms with Gasteiger partial charge in [-0.25, -0.2) is 0 Å². The average molecular weight is 489 g/mol. The van der Waals surface area contributed by atoms with Crippen LogP contribution in [0.25, 0.3) is 0 Å². The van der Waals surface area contributed by atoms with Gasteiger partial charge >= 0.3 is 0 Å². The Labute approximate surface area is 211 Å². The van der Waals surface area contributed by atoms with Gasteiger partial charge in [0.05, 0.1) is 17.8 Å². The molecule has 6 rings (SSSR count). The Hall–Kier alpha value is -0.490. The topological polar surface area (TPSA) is 87.0 Å². The van der Waals surface area contributed by atoms with Gasteiger partial charge in [0.2, 0.25) is 0 Å². The standard InChI is InChI=1S/C30H48O5/c1-16-14-17(23(32)26(4,5)34)35-22-21(16)27(6)12-13-30-15-29(30)11-10-20(31)25(2,3)18(29)8-9-19(30)28(27,7)24(22)33/h16-23,31-32,34H,8-15H2,1-7H3/t16-,17-,18+,19+,20+,21+,22-,23-,27-,28-,29-,30+/m1/s1. The number of ether oxygens (including phenoxy) is 1. The molecule has 6 fully saturated rings. The minimum Gasteiger partial charge on any atom is -0.393 e. The fourth-order valence-electron chi connectivity index (χ4n) is 11.7. The van der Waals surface area contributed by atoms with Gasteiger partial charge in [-0.05, 0) is 105 Å². The molecule has 0 aromatic heterocycles. The van der Waals surface area contributed by atoms with Crippen molar-refractivity contribution >= 4 is 5.78 Å². The molecule has 1 aliphatic heterocycles. The van der Waals surface area contributed by atoms with Crippen LogP contribution < -0.4 is 0 Å². The van der Waals surface area contributed by atoms with Crippen LogP contribution in [0.5, 0.6) is 0 Å². The van der Waals surface area contributed by atoms with Gasteiger partial charge < -0.3 is 20.1 Å². The van der Waals surface area contributed by atoms with E-state index in [0.29, 0.717) is 23.7 Å². The summed E-state index contributed by atoms with van der Waals surface area (Å²) in [6.45, 7) is 14.7. The van der Waals surface area contributed by atoms with E-state index in [1.54, 1.807) is 13.8 Å². The lowest BCUT2D eigenvalue weighted by Gasteiger charge is -2.62. The molecule has 5 saturated carbocycles. The van der Waals surface area contributed by atoms with Crippen molar-refractivity contribution < 1.29 is 24.9 Å². The van der Waals surface area contributed by atoms with E-state index in [-0.39, 0.29) is 40.0 Å². The lowest BCUT2D eigenvalue weighted by Crippen LogP contribution is -2.59. The second kappa shape index (κ2) is 6.93. The Bertz CT molecular complexity index is 938. The van der Waals surface area contributed by atoms with Crippen molar-refractivity contribution in [1.82, 2.24) is 0 Å². The van der Waals surface area contributed by atoms with Gasteiger partial charge in [-0.1, -0.05) is 34.6 Å². The van der Waals surface area contributed by atoms with Crippen molar-refractivity contribution in [2.24, 2.45) is 50.7 Å². The van der Waals surface area contributed by atoms with Crippen LogP contribution in [0.2, 0.25) is 0 Å². The number of aliphatic hydroxyl groups excluding tert-OH is 2. The zero-order chi connectivity index (χ0) is 25.6. The molecule has 5 aliphatic carbocycles. The molecule has 35 heavy (non-hydrogen) atoms. The van der Waals surface area contributed by atoms with Crippen molar-refractivity contribution in [2.45, 2.75) is 130 Å². The van der Waals surface area contributed by atoms with Crippen LogP contribution in [-0.4, -0.2) is 51.1 Å². The molecule has 0 aromatic carbocycles. The largest absolute Gasteiger partial charge is 0.393 e. The summed E-state index contributed by atoms with van der Waals surface area (Å²) in [5.74, 6) is 1.61. The molecule has 3 N–H and O–H groups in total. The Balaban J connectivity index is 1.37. The van der Waals surface area contributed by atoms with Crippen LogP contribution >= 0.6 is 0 Å². The molecule has 1 heterocycles. The number of Topliss-reactive ketones (excluding diaryl/α,β-unsaturated/α-hetero) is 1. The molecule has 5 heteroatoms. The Kier molecular flexibility index (Phi) is 4.91. The van der Waals surface area contributed by atoms with Crippen LogP contribution in [0.3, 0.4) is 0 Å². The zero-order valence-corrected chi connectivity index (χ0v) is 22.9. The van der Waals surface area contributed by atoms with Gasteiger partial charge in [-0.3, -0.25) is 4.79 Å². The predicted molar refractivity (Wildman–Crippen MR) is 133 cm³/mol. The number of aliphatic hydroxyl groups is 3. The maximum Gasteiger partial charge on any atom is 0.168 e. The van der Waals surface area contributed by atoms with E-state index in [4.69, 9.17) is 4.74 Å². The highest BCUT2D eigenvalue weighted by molar-refractivity contribution is 5.93. The molecule has 1 saturated heterocycles. The van der Waals surface area contributed by atoms with Gasteiger partial charge in [0.15, 0.2) is 5.78 Å². The third kappa shape index (κ3) is 2.68. The zero-order valence-electron chi connectivity index (χ0n) is 22.9. The van der Waals surface area contributed by atoms with Crippen molar-refractivity contribution in [1.29, 1.82) is 0 Å². The molecule has 0 aromatic rings. The van der Waals surface area contributed by atoms with E-state index in [2.05, 4.69) is 34.6 Å². The molecule has 0 unspecified atom stereocenters. The second-order valence-electron chi connectivity index (χ2n) is 15.5. The fraction of sp³-hybridized carbons (Fsp3) is 0.967. The van der Waals surface area contributed by atoms with Crippen LogP contribution in [0.4, 0.5) is 0 Å². The first kappa shape index (κ1) is 24.8. The van der Waals surface area contributed by atoms with Gasteiger partial charge in [0.25, 0.3) is 0 Å². The summed E-state index contributed by atoms with van der Waals surface area (Å²) in [6, 6.07) is 0. The van der Waals surface area contributed by atoms with Crippen LogP contribution in [-0.2, 0) is 9.53 Å². The smallest absolute Gasteiger partial charge is 0.168 e. The molecular formula is C30H48O5. The summed E-state index contributed by atoms with van der Waals surface area (Å²) in [5.41, 5.74) is -1.31. The van der Waals surface area contributed by atoms with E-state index in [1.807, 2.05) is 0 Å². The number of ketones is 1. The van der Waals surface area contributed by atoms with E-state index in [1.165, 1.54) is 12.8 Å². The molecular weight excluding hydrogens is 440 g/mol. The fourth-order valence-corrected chi connectivity index (χ4v) is 11.7. The highest BCUT2D eigenvalue weighted by atomic mass is 16.5. The Morgan fingerprint density at radius 1 is 1.00 bits per heavy atom. The average Bonchev–Trinajstić information content (AvgIpc) is 3.40. The highest BCUT2D eigenvalue weighted by Crippen LogP contribution is 2.88. The van der Waals surface area contributed by atoms with Gasteiger partial charge in [0.1, 0.15) is 12.2 Å². The van der Waals surface area contributed by atoms with Gasteiger partial charge in [0, 0.05) is 11.3 Å². The summed E-state index contributed by atoms with van der Waals surface area (Å²) in [6.07, 6.45) is 6.14.